The fourth-order valence-electron chi connectivity index (χ4n) is 6.19. The Morgan fingerprint density at radius 1 is 0.757 bits per heavy atom. The molecule has 0 saturated heterocycles. The van der Waals surface area contributed by atoms with E-state index < -0.39 is 17.5 Å². The number of benzene rings is 2. The Kier molecular flexibility index (Phi) is 9.70. The molecule has 2 saturated carbocycles. The van der Waals surface area contributed by atoms with Crippen molar-refractivity contribution < 1.29 is 17.9 Å². The zero-order valence-corrected chi connectivity index (χ0v) is 22.3. The molecule has 0 aliphatic heterocycles. The van der Waals surface area contributed by atoms with Crippen LogP contribution in [0.4, 0.5) is 13.2 Å². The first-order valence-electron chi connectivity index (χ1n) is 14.1. The van der Waals surface area contributed by atoms with Gasteiger partial charge in [-0.15, -0.1) is 0 Å². The van der Waals surface area contributed by atoms with E-state index in [-0.39, 0.29) is 12.5 Å². The third-order valence-electron chi connectivity index (χ3n) is 8.38. The second-order valence-corrected chi connectivity index (χ2v) is 10.9. The van der Waals surface area contributed by atoms with E-state index in [2.05, 4.69) is 43.4 Å². The van der Waals surface area contributed by atoms with Crippen LogP contribution in [0.2, 0.25) is 0 Å². The van der Waals surface area contributed by atoms with Crippen LogP contribution in [-0.4, -0.2) is 6.61 Å². The number of hydrogen-bond acceptors (Lipinski definition) is 1. The van der Waals surface area contributed by atoms with Crippen molar-refractivity contribution >= 4 is 0 Å². The van der Waals surface area contributed by atoms with Gasteiger partial charge in [-0.25, -0.2) is 4.39 Å². The van der Waals surface area contributed by atoms with Crippen LogP contribution < -0.4 is 0 Å². The number of allylic oxidation sites excluding steroid dienone is 4. The van der Waals surface area contributed by atoms with Gasteiger partial charge in [-0.05, 0) is 124 Å². The van der Waals surface area contributed by atoms with Crippen LogP contribution in [0.3, 0.4) is 0 Å². The lowest BCUT2D eigenvalue weighted by atomic mass is 9.78. The number of halogens is 3. The molecule has 2 aromatic carbocycles. The molecule has 1 nitrogen and oxygen atoms in total. The lowest BCUT2D eigenvalue weighted by Crippen LogP contribution is -2.22. The highest BCUT2D eigenvalue weighted by molar-refractivity contribution is 5.30. The molecule has 0 amide bonds. The monoisotopic (exact) mass is 510 g/mol. The summed E-state index contributed by atoms with van der Waals surface area (Å²) in [4.78, 5) is 0. The van der Waals surface area contributed by atoms with Crippen molar-refractivity contribution in [2.24, 2.45) is 11.8 Å². The van der Waals surface area contributed by atoms with Crippen LogP contribution in [-0.2, 0) is 17.3 Å². The zero-order chi connectivity index (χ0) is 26.3. The summed E-state index contributed by atoms with van der Waals surface area (Å²) in [7, 11) is 0. The summed E-state index contributed by atoms with van der Waals surface area (Å²) in [5.41, 5.74) is 2.41. The summed E-state index contributed by atoms with van der Waals surface area (Å²) >= 11 is 0. The van der Waals surface area contributed by atoms with Crippen LogP contribution in [0.25, 0.3) is 0 Å². The molecule has 2 aliphatic rings. The highest BCUT2D eigenvalue weighted by atomic mass is 19.3. The van der Waals surface area contributed by atoms with Crippen molar-refractivity contribution in [3.8, 4) is 0 Å². The zero-order valence-electron chi connectivity index (χ0n) is 22.3. The molecule has 0 aromatic heterocycles. The van der Waals surface area contributed by atoms with Gasteiger partial charge in [0.15, 0.2) is 0 Å². The summed E-state index contributed by atoms with van der Waals surface area (Å²) in [5, 5.41) is 0. The van der Waals surface area contributed by atoms with E-state index in [1.165, 1.54) is 43.4 Å². The second-order valence-electron chi connectivity index (χ2n) is 10.9. The minimum atomic E-state index is -3.66. The molecular formula is C33H41F3O. The molecule has 200 valence electrons. The van der Waals surface area contributed by atoms with Gasteiger partial charge in [0, 0.05) is 0 Å². The first kappa shape index (κ1) is 27.7. The predicted molar refractivity (Wildman–Crippen MR) is 145 cm³/mol. The average Bonchev–Trinajstić information content (AvgIpc) is 2.90. The van der Waals surface area contributed by atoms with Crippen molar-refractivity contribution in [1.29, 1.82) is 0 Å². The number of rotatable bonds is 9. The lowest BCUT2D eigenvalue weighted by Gasteiger charge is -2.27. The third-order valence-corrected chi connectivity index (χ3v) is 8.38. The molecule has 4 rings (SSSR count). The normalized spacial score (nSPS) is 25.2. The van der Waals surface area contributed by atoms with Gasteiger partial charge in [-0.2, -0.15) is 8.78 Å². The first-order chi connectivity index (χ1) is 17.9. The van der Waals surface area contributed by atoms with E-state index in [9.17, 15) is 13.2 Å². The molecule has 0 radical (unpaired) electrons. The SMILES string of the molecule is C/C=C/C1CCC(c2ccc(CCOC(F)(F)c3ccc(C4CCC(/C=C/C)CC4)cc3F)cc2)CC1. The third kappa shape index (κ3) is 7.37. The molecular weight excluding hydrogens is 469 g/mol. The van der Waals surface area contributed by atoms with Gasteiger partial charge in [-0.1, -0.05) is 54.6 Å². The Balaban J connectivity index is 1.27. The number of ether oxygens (including phenoxy) is 1. The minimum Gasteiger partial charge on any atom is -0.316 e. The van der Waals surface area contributed by atoms with Gasteiger partial charge in [0.25, 0.3) is 0 Å². The van der Waals surface area contributed by atoms with E-state index >= 15 is 0 Å². The van der Waals surface area contributed by atoms with Crippen molar-refractivity contribution in [2.75, 3.05) is 6.61 Å². The van der Waals surface area contributed by atoms with Gasteiger partial charge >= 0.3 is 6.11 Å². The maximum absolute atomic E-state index is 14.8. The Morgan fingerprint density at radius 2 is 1.27 bits per heavy atom. The number of alkyl halides is 2. The standard InChI is InChI=1S/C33H41F3O/c1-3-5-24-7-13-27(14-8-24)28-15-11-26(12-16-28)21-22-37-33(35,36)31-20-19-30(23-32(31)34)29-17-9-25(6-4-2)10-18-29/h3-6,11-12,15-16,19-20,23-25,27,29H,7-10,13-14,17-18,21-22H2,1-2H3/b5-3+,6-4+. The Morgan fingerprint density at radius 3 is 1.78 bits per heavy atom. The van der Waals surface area contributed by atoms with Crippen LogP contribution in [0, 0.1) is 17.7 Å². The van der Waals surface area contributed by atoms with Crippen molar-refractivity contribution in [2.45, 2.75) is 89.6 Å². The summed E-state index contributed by atoms with van der Waals surface area (Å²) in [6, 6.07) is 12.4. The average molecular weight is 511 g/mol. The summed E-state index contributed by atoms with van der Waals surface area (Å²) in [6.07, 6.45) is 14.3. The van der Waals surface area contributed by atoms with E-state index in [1.807, 2.05) is 19.1 Å². The van der Waals surface area contributed by atoms with Gasteiger partial charge in [0.2, 0.25) is 0 Å². The molecule has 0 N–H and O–H groups in total. The highest BCUT2D eigenvalue weighted by Crippen LogP contribution is 2.39. The summed E-state index contributed by atoms with van der Waals surface area (Å²) < 4.78 is 49.2. The molecule has 0 spiro atoms. The topological polar surface area (TPSA) is 9.23 Å². The van der Waals surface area contributed by atoms with Gasteiger partial charge in [0.1, 0.15) is 5.82 Å². The molecule has 2 aromatic rings. The molecule has 2 aliphatic carbocycles. The quantitative estimate of drug-likeness (QED) is 0.305. The molecule has 37 heavy (non-hydrogen) atoms. The van der Waals surface area contributed by atoms with Gasteiger partial charge in [-0.3, -0.25) is 0 Å². The van der Waals surface area contributed by atoms with Gasteiger partial charge < -0.3 is 4.74 Å². The Hall–Kier alpha value is -2.33. The summed E-state index contributed by atoms with van der Waals surface area (Å²) in [5.74, 6) is 1.19. The maximum atomic E-state index is 14.8. The van der Waals surface area contributed by atoms with E-state index in [4.69, 9.17) is 4.74 Å². The number of hydrogen-bond donors (Lipinski definition) is 0. The first-order valence-corrected chi connectivity index (χ1v) is 14.1. The lowest BCUT2D eigenvalue weighted by molar-refractivity contribution is -0.249. The van der Waals surface area contributed by atoms with E-state index in [0.717, 1.165) is 36.8 Å². The molecule has 4 heteroatoms. The van der Waals surface area contributed by atoms with Gasteiger partial charge in [0.05, 0.1) is 12.2 Å². The molecule has 0 atom stereocenters. The maximum Gasteiger partial charge on any atom is 0.386 e. The van der Waals surface area contributed by atoms with Crippen molar-refractivity contribution in [3.05, 3.63) is 94.8 Å². The van der Waals surface area contributed by atoms with E-state index in [0.29, 0.717) is 24.2 Å². The van der Waals surface area contributed by atoms with E-state index in [1.54, 1.807) is 6.07 Å². The Bertz CT molecular complexity index is 1040. The predicted octanol–water partition coefficient (Wildman–Crippen LogP) is 9.83. The fraction of sp³-hybridized carbons (Fsp3) is 0.515. The molecule has 0 unspecified atom stereocenters. The van der Waals surface area contributed by atoms with Crippen LogP contribution in [0.5, 0.6) is 0 Å². The molecule has 2 fully saturated rings. The smallest absolute Gasteiger partial charge is 0.316 e. The van der Waals surface area contributed by atoms with Crippen LogP contribution in [0.1, 0.15) is 99.3 Å². The molecule has 0 heterocycles. The summed E-state index contributed by atoms with van der Waals surface area (Å²) in [6.45, 7) is 3.93. The minimum absolute atomic E-state index is 0.170. The van der Waals surface area contributed by atoms with Crippen molar-refractivity contribution in [1.82, 2.24) is 0 Å². The van der Waals surface area contributed by atoms with Crippen LogP contribution in [0.15, 0.2) is 66.8 Å². The highest BCUT2D eigenvalue weighted by Gasteiger charge is 2.36. The fourth-order valence-corrected chi connectivity index (χ4v) is 6.19. The van der Waals surface area contributed by atoms with Crippen molar-refractivity contribution in [3.63, 3.8) is 0 Å². The second kappa shape index (κ2) is 13.0. The van der Waals surface area contributed by atoms with Crippen LogP contribution >= 0.6 is 0 Å². The molecule has 0 bridgehead atoms. The Labute approximate surface area is 220 Å². The largest absolute Gasteiger partial charge is 0.386 e.